The van der Waals surface area contributed by atoms with Crippen molar-refractivity contribution in [3.8, 4) is 0 Å². The zero-order chi connectivity index (χ0) is 21.4. The monoisotopic (exact) mass is 405 g/mol. The Morgan fingerprint density at radius 3 is 2.11 bits per heavy atom. The minimum atomic E-state index is -1.74. The van der Waals surface area contributed by atoms with Crippen LogP contribution >= 0.6 is 0 Å². The number of esters is 3. The van der Waals surface area contributed by atoms with Crippen LogP contribution in [-0.4, -0.2) is 72.3 Å². The molecule has 1 unspecified atom stereocenters. The molecule has 1 amide bonds. The highest BCUT2D eigenvalue weighted by Crippen LogP contribution is 2.27. The lowest BCUT2D eigenvalue weighted by Crippen LogP contribution is -2.56. The van der Waals surface area contributed by atoms with Gasteiger partial charge in [-0.3, -0.25) is 19.2 Å². The van der Waals surface area contributed by atoms with Crippen molar-refractivity contribution >= 4 is 29.8 Å². The van der Waals surface area contributed by atoms with Gasteiger partial charge in [0.1, 0.15) is 18.8 Å². The van der Waals surface area contributed by atoms with E-state index in [2.05, 4.69) is 5.32 Å². The number of hydrogen-bond donors (Lipinski definition) is 2. The maximum absolute atomic E-state index is 11.4. The SMILES string of the molecule is CC(=O)NC(O[C@H]1C[C@@H](OC(C)=O)[C@H](OC(C)=O)[C@@H](COC(C)=O)O1)C(=O)O. The van der Waals surface area contributed by atoms with Crippen LogP contribution in [0.15, 0.2) is 0 Å². The lowest BCUT2D eigenvalue weighted by atomic mass is 10.0. The summed E-state index contributed by atoms with van der Waals surface area (Å²) in [6.45, 7) is 4.15. The first kappa shape index (κ1) is 23.3. The lowest BCUT2D eigenvalue weighted by molar-refractivity contribution is -0.277. The number of carbonyl (C=O) groups is 5. The van der Waals surface area contributed by atoms with Crippen molar-refractivity contribution < 1.29 is 52.8 Å². The van der Waals surface area contributed by atoms with Gasteiger partial charge in [-0.1, -0.05) is 0 Å². The van der Waals surface area contributed by atoms with E-state index in [1.165, 1.54) is 0 Å². The second-order valence-corrected chi connectivity index (χ2v) is 5.92. The molecule has 12 heteroatoms. The molecule has 5 atom stereocenters. The molecule has 0 aliphatic carbocycles. The quantitative estimate of drug-likeness (QED) is 0.292. The van der Waals surface area contributed by atoms with E-state index < -0.39 is 60.6 Å². The summed E-state index contributed by atoms with van der Waals surface area (Å²) in [4.78, 5) is 56.4. The van der Waals surface area contributed by atoms with Gasteiger partial charge in [0.05, 0.1) is 0 Å². The van der Waals surface area contributed by atoms with Crippen molar-refractivity contribution in [2.45, 2.75) is 64.9 Å². The molecule has 158 valence electrons. The molecule has 2 N–H and O–H groups in total. The highest BCUT2D eigenvalue weighted by atomic mass is 16.7. The molecule has 1 aliphatic rings. The third-order valence-electron chi connectivity index (χ3n) is 3.40. The molecule has 1 rings (SSSR count). The Labute approximate surface area is 160 Å². The Morgan fingerprint density at radius 1 is 1.04 bits per heavy atom. The highest BCUT2D eigenvalue weighted by molar-refractivity contribution is 5.80. The van der Waals surface area contributed by atoms with Crippen LogP contribution in [0, 0.1) is 0 Å². The van der Waals surface area contributed by atoms with Crippen molar-refractivity contribution in [1.29, 1.82) is 0 Å². The number of carboxylic acid groups (broad SMARTS) is 1. The molecule has 1 fully saturated rings. The Kier molecular flexibility index (Phi) is 8.79. The fraction of sp³-hybridized carbons (Fsp3) is 0.688. The fourth-order valence-electron chi connectivity index (χ4n) is 2.47. The van der Waals surface area contributed by atoms with Gasteiger partial charge in [0, 0.05) is 34.1 Å². The van der Waals surface area contributed by atoms with Crippen molar-refractivity contribution in [3.05, 3.63) is 0 Å². The third kappa shape index (κ3) is 7.88. The molecule has 1 aliphatic heterocycles. The molecule has 0 spiro atoms. The molecule has 28 heavy (non-hydrogen) atoms. The van der Waals surface area contributed by atoms with Crippen LogP contribution in [0.3, 0.4) is 0 Å². The standard InChI is InChI=1S/C16H23NO11/c1-7(18)17-15(16(22)23)28-13-5-11(25-9(3)20)14(26-10(4)21)12(27-13)6-24-8(2)19/h11-15H,5-6H2,1-4H3,(H,17,18)(H,22,23)/t11-,12-,13+,14+,15?/m1/s1. The van der Waals surface area contributed by atoms with Gasteiger partial charge < -0.3 is 34.1 Å². The van der Waals surface area contributed by atoms with Crippen molar-refractivity contribution in [3.63, 3.8) is 0 Å². The zero-order valence-corrected chi connectivity index (χ0v) is 15.8. The molecular weight excluding hydrogens is 382 g/mol. The van der Waals surface area contributed by atoms with Crippen LogP contribution in [0.2, 0.25) is 0 Å². The molecule has 0 aromatic heterocycles. The van der Waals surface area contributed by atoms with Crippen LogP contribution in [-0.2, 0) is 47.7 Å². The second-order valence-electron chi connectivity index (χ2n) is 5.92. The van der Waals surface area contributed by atoms with Gasteiger partial charge in [-0.15, -0.1) is 0 Å². The molecule has 1 saturated heterocycles. The van der Waals surface area contributed by atoms with Gasteiger partial charge in [0.15, 0.2) is 12.4 Å². The van der Waals surface area contributed by atoms with E-state index >= 15 is 0 Å². The summed E-state index contributed by atoms with van der Waals surface area (Å²) in [7, 11) is 0. The summed E-state index contributed by atoms with van der Waals surface area (Å²) in [5.41, 5.74) is 0. The smallest absolute Gasteiger partial charge is 0.354 e. The van der Waals surface area contributed by atoms with E-state index in [1.807, 2.05) is 0 Å². The minimum absolute atomic E-state index is 0.197. The number of carbonyl (C=O) groups excluding carboxylic acids is 4. The van der Waals surface area contributed by atoms with Crippen molar-refractivity contribution in [2.24, 2.45) is 0 Å². The van der Waals surface area contributed by atoms with E-state index in [0.29, 0.717) is 0 Å². The van der Waals surface area contributed by atoms with E-state index in [1.54, 1.807) is 0 Å². The Hall–Kier alpha value is -2.73. The maximum atomic E-state index is 11.4. The van der Waals surface area contributed by atoms with E-state index in [4.69, 9.17) is 28.8 Å². The van der Waals surface area contributed by atoms with E-state index in [-0.39, 0.29) is 13.0 Å². The zero-order valence-electron chi connectivity index (χ0n) is 15.8. The predicted molar refractivity (Wildman–Crippen MR) is 87.3 cm³/mol. The number of amides is 1. The Morgan fingerprint density at radius 2 is 1.64 bits per heavy atom. The van der Waals surface area contributed by atoms with Crippen LogP contribution in [0.1, 0.15) is 34.1 Å². The number of hydrogen-bond acceptors (Lipinski definition) is 10. The van der Waals surface area contributed by atoms with Crippen LogP contribution in [0.25, 0.3) is 0 Å². The number of aliphatic carboxylic acids is 1. The first-order valence-electron chi connectivity index (χ1n) is 8.28. The molecule has 0 bridgehead atoms. The van der Waals surface area contributed by atoms with Gasteiger partial charge in [0.25, 0.3) is 0 Å². The number of rotatable bonds is 8. The molecule has 1 heterocycles. The largest absolute Gasteiger partial charge is 0.478 e. The minimum Gasteiger partial charge on any atom is -0.478 e. The van der Waals surface area contributed by atoms with Crippen LogP contribution < -0.4 is 5.32 Å². The van der Waals surface area contributed by atoms with Gasteiger partial charge in [-0.25, -0.2) is 4.79 Å². The number of ether oxygens (including phenoxy) is 5. The summed E-state index contributed by atoms with van der Waals surface area (Å²) in [5, 5.41) is 11.2. The molecule has 12 nitrogen and oxygen atoms in total. The topological polar surface area (TPSA) is 164 Å². The third-order valence-corrected chi connectivity index (χ3v) is 3.40. The summed E-state index contributed by atoms with van der Waals surface area (Å²) in [5.74, 6) is -4.17. The summed E-state index contributed by atoms with van der Waals surface area (Å²) >= 11 is 0. The van der Waals surface area contributed by atoms with Crippen molar-refractivity contribution in [2.75, 3.05) is 6.61 Å². The highest BCUT2D eigenvalue weighted by Gasteiger charge is 2.45. The average Bonchev–Trinajstić information content (AvgIpc) is 2.53. The first-order valence-corrected chi connectivity index (χ1v) is 8.28. The van der Waals surface area contributed by atoms with Crippen LogP contribution in [0.5, 0.6) is 0 Å². The first-order chi connectivity index (χ1) is 13.0. The van der Waals surface area contributed by atoms with Gasteiger partial charge in [-0.2, -0.15) is 0 Å². The fourth-order valence-corrected chi connectivity index (χ4v) is 2.47. The summed E-state index contributed by atoms with van der Waals surface area (Å²) in [6.07, 6.45) is -6.50. The predicted octanol–water partition coefficient (Wildman–Crippen LogP) is -0.909. The van der Waals surface area contributed by atoms with E-state index in [0.717, 1.165) is 27.7 Å². The number of nitrogens with one attached hydrogen (secondary N) is 1. The molecule has 0 saturated carbocycles. The van der Waals surface area contributed by atoms with Crippen LogP contribution in [0.4, 0.5) is 0 Å². The van der Waals surface area contributed by atoms with Gasteiger partial charge in [0.2, 0.25) is 12.1 Å². The summed E-state index contributed by atoms with van der Waals surface area (Å²) in [6, 6.07) is 0. The van der Waals surface area contributed by atoms with Gasteiger partial charge >= 0.3 is 23.9 Å². The lowest BCUT2D eigenvalue weighted by Gasteiger charge is -2.40. The Balaban J connectivity index is 3.04. The Bertz CT molecular complexity index is 620. The average molecular weight is 405 g/mol. The summed E-state index contributed by atoms with van der Waals surface area (Å²) < 4.78 is 25.9. The number of carboxylic acids is 1. The van der Waals surface area contributed by atoms with E-state index in [9.17, 15) is 24.0 Å². The molecule has 0 radical (unpaired) electrons. The molecule has 0 aromatic rings. The normalized spacial score (nSPS) is 25.1. The second kappa shape index (κ2) is 10.6. The molecule has 0 aromatic carbocycles. The maximum Gasteiger partial charge on any atom is 0.354 e. The van der Waals surface area contributed by atoms with Crippen molar-refractivity contribution in [1.82, 2.24) is 5.32 Å². The van der Waals surface area contributed by atoms with Gasteiger partial charge in [-0.05, 0) is 0 Å². The molecular formula is C16H23NO11.